The van der Waals surface area contributed by atoms with Gasteiger partial charge in [0.15, 0.2) is 6.54 Å². The summed E-state index contributed by atoms with van der Waals surface area (Å²) in [5.74, 6) is 0.0475. The Labute approximate surface area is 170 Å². The minimum absolute atomic E-state index is 0.0475. The van der Waals surface area contributed by atoms with Crippen LogP contribution < -0.4 is 10.2 Å². The summed E-state index contributed by atoms with van der Waals surface area (Å²) in [5, 5.41) is 4.98. The van der Waals surface area contributed by atoms with E-state index in [4.69, 9.17) is 0 Å². The summed E-state index contributed by atoms with van der Waals surface area (Å²) in [6.07, 6.45) is 3.15. The minimum Gasteiger partial charge on any atom is -0.344 e. The summed E-state index contributed by atoms with van der Waals surface area (Å²) in [5.41, 5.74) is 2.57. The SMILES string of the molecule is O=C(C[NH+]1CCN(S(=O)(=O)c2cccs2)CC1)N[C@@H]1CCCc2ccccc21. The number of hydrogen-bond donors (Lipinski definition) is 2. The molecule has 28 heavy (non-hydrogen) atoms. The van der Waals surface area contributed by atoms with Crippen LogP contribution in [-0.4, -0.2) is 51.4 Å². The van der Waals surface area contributed by atoms with Gasteiger partial charge in [0.25, 0.3) is 15.9 Å². The third-order valence-corrected chi connectivity index (χ3v) is 8.91. The number of piperazine rings is 1. The van der Waals surface area contributed by atoms with E-state index < -0.39 is 10.0 Å². The predicted molar refractivity (Wildman–Crippen MR) is 109 cm³/mol. The average molecular weight is 421 g/mol. The molecule has 1 aromatic carbocycles. The first-order valence-electron chi connectivity index (χ1n) is 9.78. The summed E-state index contributed by atoms with van der Waals surface area (Å²) in [7, 11) is -3.39. The molecule has 1 atom stereocenters. The highest BCUT2D eigenvalue weighted by molar-refractivity contribution is 7.91. The molecule has 0 saturated carbocycles. The van der Waals surface area contributed by atoms with Gasteiger partial charge in [0.2, 0.25) is 0 Å². The number of quaternary nitrogens is 1. The highest BCUT2D eigenvalue weighted by Gasteiger charge is 2.32. The van der Waals surface area contributed by atoms with Gasteiger partial charge in [-0.1, -0.05) is 30.3 Å². The molecule has 1 amide bonds. The highest BCUT2D eigenvalue weighted by Crippen LogP contribution is 2.29. The van der Waals surface area contributed by atoms with Crippen molar-refractivity contribution in [2.75, 3.05) is 32.7 Å². The van der Waals surface area contributed by atoms with Crippen molar-refractivity contribution >= 4 is 27.3 Å². The molecule has 1 fully saturated rings. The van der Waals surface area contributed by atoms with Crippen LogP contribution in [0.1, 0.15) is 30.0 Å². The molecule has 1 aromatic heterocycles. The average Bonchev–Trinajstić information content (AvgIpc) is 3.24. The molecule has 2 N–H and O–H groups in total. The third kappa shape index (κ3) is 4.15. The fraction of sp³-hybridized carbons (Fsp3) is 0.450. The summed E-state index contributed by atoms with van der Waals surface area (Å²) in [4.78, 5) is 13.7. The lowest BCUT2D eigenvalue weighted by molar-refractivity contribution is -0.895. The maximum absolute atomic E-state index is 12.6. The number of amides is 1. The van der Waals surface area contributed by atoms with Crippen molar-refractivity contribution in [2.45, 2.75) is 29.5 Å². The Kier molecular flexibility index (Phi) is 5.82. The minimum atomic E-state index is -3.39. The van der Waals surface area contributed by atoms with Crippen LogP contribution in [0.5, 0.6) is 0 Å². The second-order valence-electron chi connectivity index (χ2n) is 7.47. The molecule has 2 aromatic rings. The number of carbonyl (C=O) groups is 1. The summed E-state index contributed by atoms with van der Waals surface area (Å²) >= 11 is 1.25. The second kappa shape index (κ2) is 8.32. The molecular formula is C20H26N3O3S2+. The van der Waals surface area contributed by atoms with Gasteiger partial charge >= 0.3 is 0 Å². The van der Waals surface area contributed by atoms with E-state index in [0.717, 1.165) is 24.2 Å². The topological polar surface area (TPSA) is 70.9 Å². The van der Waals surface area contributed by atoms with Crippen LogP contribution in [0, 0.1) is 0 Å². The summed E-state index contributed by atoms with van der Waals surface area (Å²) in [6.45, 7) is 2.61. The Morgan fingerprint density at radius 2 is 1.96 bits per heavy atom. The first-order chi connectivity index (χ1) is 13.5. The number of aryl methyl sites for hydroxylation is 1. The molecule has 1 aliphatic carbocycles. The Bertz CT molecular complexity index is 920. The van der Waals surface area contributed by atoms with Crippen LogP contribution in [-0.2, 0) is 21.2 Å². The van der Waals surface area contributed by atoms with Crippen molar-refractivity contribution in [3.8, 4) is 0 Å². The number of thiophene rings is 1. The smallest absolute Gasteiger partial charge is 0.275 e. The maximum atomic E-state index is 12.6. The first-order valence-corrected chi connectivity index (χ1v) is 12.1. The molecule has 4 rings (SSSR count). The lowest BCUT2D eigenvalue weighted by atomic mass is 9.88. The van der Waals surface area contributed by atoms with Crippen LogP contribution in [0.2, 0.25) is 0 Å². The first kappa shape index (κ1) is 19.6. The molecule has 8 heteroatoms. The lowest BCUT2D eigenvalue weighted by Crippen LogP contribution is -3.15. The van der Waals surface area contributed by atoms with E-state index in [9.17, 15) is 13.2 Å². The van der Waals surface area contributed by atoms with E-state index in [1.807, 2.05) is 6.07 Å². The number of carbonyl (C=O) groups excluding carboxylic acids is 1. The molecule has 0 bridgehead atoms. The van der Waals surface area contributed by atoms with Crippen LogP contribution in [0.3, 0.4) is 0 Å². The van der Waals surface area contributed by atoms with Crippen LogP contribution in [0.25, 0.3) is 0 Å². The van der Waals surface area contributed by atoms with Crippen molar-refractivity contribution in [1.29, 1.82) is 0 Å². The molecule has 0 unspecified atom stereocenters. The van der Waals surface area contributed by atoms with Crippen LogP contribution in [0.4, 0.5) is 0 Å². The van der Waals surface area contributed by atoms with Gasteiger partial charge in [0, 0.05) is 0 Å². The molecule has 2 heterocycles. The number of sulfonamides is 1. The molecular weight excluding hydrogens is 394 g/mol. The van der Waals surface area contributed by atoms with Gasteiger partial charge < -0.3 is 10.2 Å². The predicted octanol–water partition coefficient (Wildman–Crippen LogP) is 0.831. The van der Waals surface area contributed by atoms with Crippen molar-refractivity contribution in [3.63, 3.8) is 0 Å². The molecule has 2 aliphatic rings. The molecule has 0 spiro atoms. The van der Waals surface area contributed by atoms with Gasteiger partial charge in [-0.05, 0) is 41.8 Å². The van der Waals surface area contributed by atoms with Crippen LogP contribution >= 0.6 is 11.3 Å². The highest BCUT2D eigenvalue weighted by atomic mass is 32.2. The number of rotatable bonds is 5. The van der Waals surface area contributed by atoms with E-state index in [1.54, 1.807) is 17.5 Å². The van der Waals surface area contributed by atoms with Crippen molar-refractivity contribution < 1.29 is 18.1 Å². The van der Waals surface area contributed by atoms with Crippen molar-refractivity contribution in [2.24, 2.45) is 0 Å². The number of benzene rings is 1. The monoisotopic (exact) mass is 420 g/mol. The standard InChI is InChI=1S/C20H25N3O3S2/c24-19(21-18-8-3-6-16-5-1-2-7-17(16)18)15-22-10-12-23(13-11-22)28(25,26)20-9-4-14-27-20/h1-2,4-5,7,9,14,18H,3,6,8,10-13,15H2,(H,21,24)/p+1/t18-/m1/s1. The van der Waals surface area contributed by atoms with Gasteiger partial charge in [-0.2, -0.15) is 4.31 Å². The number of nitrogens with zero attached hydrogens (tertiary/aromatic N) is 1. The number of fused-ring (bicyclic) bond motifs is 1. The van der Waals surface area contributed by atoms with E-state index in [-0.39, 0.29) is 11.9 Å². The zero-order valence-electron chi connectivity index (χ0n) is 15.8. The Balaban J connectivity index is 1.30. The molecule has 0 radical (unpaired) electrons. The molecule has 1 saturated heterocycles. The fourth-order valence-electron chi connectivity index (χ4n) is 4.13. The molecule has 1 aliphatic heterocycles. The maximum Gasteiger partial charge on any atom is 0.275 e. The number of nitrogens with one attached hydrogen (secondary N) is 2. The van der Waals surface area contributed by atoms with Crippen LogP contribution in [0.15, 0.2) is 46.0 Å². The zero-order chi connectivity index (χ0) is 19.6. The number of hydrogen-bond acceptors (Lipinski definition) is 4. The third-order valence-electron chi connectivity index (χ3n) is 5.63. The van der Waals surface area contributed by atoms with E-state index in [0.29, 0.717) is 36.9 Å². The van der Waals surface area contributed by atoms with E-state index in [1.165, 1.54) is 26.8 Å². The summed E-state index contributed by atoms with van der Waals surface area (Å²) in [6, 6.07) is 11.8. The van der Waals surface area contributed by atoms with Gasteiger partial charge in [-0.15, -0.1) is 11.3 Å². The quantitative estimate of drug-likeness (QED) is 0.753. The molecule has 150 valence electrons. The summed E-state index contributed by atoms with van der Waals surface area (Å²) < 4.78 is 27.1. The van der Waals surface area contributed by atoms with Gasteiger partial charge in [-0.3, -0.25) is 4.79 Å². The van der Waals surface area contributed by atoms with Gasteiger partial charge in [0.05, 0.1) is 32.2 Å². The van der Waals surface area contributed by atoms with E-state index >= 15 is 0 Å². The Morgan fingerprint density at radius 1 is 1.18 bits per heavy atom. The Morgan fingerprint density at radius 3 is 2.71 bits per heavy atom. The lowest BCUT2D eigenvalue weighted by Gasteiger charge is -2.31. The van der Waals surface area contributed by atoms with Gasteiger partial charge in [-0.25, -0.2) is 8.42 Å². The Hall–Kier alpha value is -1.74. The zero-order valence-corrected chi connectivity index (χ0v) is 17.4. The largest absolute Gasteiger partial charge is 0.344 e. The normalized spacial score (nSPS) is 21.2. The van der Waals surface area contributed by atoms with Crippen molar-refractivity contribution in [3.05, 3.63) is 52.9 Å². The van der Waals surface area contributed by atoms with Gasteiger partial charge in [0.1, 0.15) is 4.21 Å². The fourth-order valence-corrected chi connectivity index (χ4v) is 6.72. The molecule has 6 nitrogen and oxygen atoms in total. The van der Waals surface area contributed by atoms with E-state index in [2.05, 4.69) is 23.5 Å². The van der Waals surface area contributed by atoms with Crippen molar-refractivity contribution in [1.82, 2.24) is 9.62 Å². The second-order valence-corrected chi connectivity index (χ2v) is 10.6.